The molecule has 9 heteroatoms. The van der Waals surface area contributed by atoms with E-state index in [4.69, 9.17) is 9.84 Å². The molecule has 0 aliphatic rings. The van der Waals surface area contributed by atoms with Crippen molar-refractivity contribution in [3.05, 3.63) is 95.8 Å². The highest BCUT2D eigenvalue weighted by Gasteiger charge is 2.23. The fourth-order valence-corrected chi connectivity index (χ4v) is 3.47. The van der Waals surface area contributed by atoms with Crippen LogP contribution < -0.4 is 10.1 Å². The first-order valence-electron chi connectivity index (χ1n) is 10.7. The van der Waals surface area contributed by atoms with E-state index in [1.165, 1.54) is 24.4 Å². The van der Waals surface area contributed by atoms with Crippen molar-refractivity contribution in [1.82, 2.24) is 15.0 Å². The second kappa shape index (κ2) is 10.4. The average Bonchev–Trinajstić information content (AvgIpc) is 2.88. The molecule has 0 radical (unpaired) electrons. The number of carbonyl (C=O) groups is 2. The Hall–Kier alpha value is -4.79. The predicted molar refractivity (Wildman–Crippen MR) is 129 cm³/mol. The van der Waals surface area contributed by atoms with Crippen molar-refractivity contribution < 1.29 is 24.5 Å². The summed E-state index contributed by atoms with van der Waals surface area (Å²) in [6.45, 7) is 0. The van der Waals surface area contributed by atoms with Crippen LogP contribution in [0.5, 0.6) is 11.8 Å². The van der Waals surface area contributed by atoms with Crippen molar-refractivity contribution in [3.63, 3.8) is 0 Å². The van der Waals surface area contributed by atoms with E-state index in [0.29, 0.717) is 11.3 Å². The SMILES string of the molecule is CNc1cccc(-c2ccc(Oc3nccc(C(Cc4ccc(C(=O)O)cc4)C(=O)O)n3)cc2)n1. The number of anilines is 1. The first-order chi connectivity index (χ1) is 16.9. The summed E-state index contributed by atoms with van der Waals surface area (Å²) in [5, 5.41) is 21.8. The fourth-order valence-electron chi connectivity index (χ4n) is 3.47. The Bertz CT molecular complexity index is 1340. The second-order valence-electron chi connectivity index (χ2n) is 7.65. The lowest BCUT2D eigenvalue weighted by atomic mass is 9.95. The molecule has 9 nitrogen and oxygen atoms in total. The number of nitrogens with one attached hydrogen (secondary N) is 1. The van der Waals surface area contributed by atoms with Gasteiger partial charge in [-0.2, -0.15) is 4.98 Å². The lowest BCUT2D eigenvalue weighted by Crippen LogP contribution is -2.16. The quantitative estimate of drug-likeness (QED) is 0.323. The minimum atomic E-state index is -1.06. The largest absolute Gasteiger partial charge is 0.481 e. The molecule has 2 aromatic carbocycles. The van der Waals surface area contributed by atoms with E-state index >= 15 is 0 Å². The second-order valence-corrected chi connectivity index (χ2v) is 7.65. The Kier molecular flexibility index (Phi) is 6.96. The Morgan fingerprint density at radius 1 is 0.943 bits per heavy atom. The third-order valence-electron chi connectivity index (χ3n) is 5.32. The molecule has 0 fully saturated rings. The van der Waals surface area contributed by atoms with Gasteiger partial charge in [-0.1, -0.05) is 18.2 Å². The zero-order valence-corrected chi connectivity index (χ0v) is 18.8. The van der Waals surface area contributed by atoms with Gasteiger partial charge in [-0.25, -0.2) is 14.8 Å². The van der Waals surface area contributed by atoms with Crippen molar-refractivity contribution in [2.75, 3.05) is 12.4 Å². The monoisotopic (exact) mass is 470 g/mol. The summed E-state index contributed by atoms with van der Waals surface area (Å²) in [6.07, 6.45) is 1.59. The molecule has 2 aromatic heterocycles. The summed E-state index contributed by atoms with van der Waals surface area (Å²) in [5.74, 6) is -1.80. The molecule has 0 aliphatic carbocycles. The molecule has 0 bridgehead atoms. The third kappa shape index (κ3) is 5.77. The van der Waals surface area contributed by atoms with Crippen molar-refractivity contribution >= 4 is 17.8 Å². The van der Waals surface area contributed by atoms with Gasteiger partial charge in [-0.3, -0.25) is 4.79 Å². The minimum absolute atomic E-state index is 0.0260. The summed E-state index contributed by atoms with van der Waals surface area (Å²) in [4.78, 5) is 35.9. The van der Waals surface area contributed by atoms with Gasteiger partial charge in [0.05, 0.1) is 17.0 Å². The van der Waals surface area contributed by atoms with Crippen LogP contribution in [0.1, 0.15) is 27.5 Å². The van der Waals surface area contributed by atoms with Crippen LogP contribution in [0.4, 0.5) is 5.82 Å². The molecule has 176 valence electrons. The first kappa shape index (κ1) is 23.4. The molecule has 1 atom stereocenters. The van der Waals surface area contributed by atoms with Crippen molar-refractivity contribution in [3.8, 4) is 23.0 Å². The molecule has 1 unspecified atom stereocenters. The number of hydrogen-bond acceptors (Lipinski definition) is 7. The number of benzene rings is 2. The predicted octanol–water partition coefficient (Wildman–Crippen LogP) is 4.48. The lowest BCUT2D eigenvalue weighted by Gasteiger charge is -2.13. The number of carboxylic acids is 2. The molecule has 4 rings (SSSR count). The zero-order chi connectivity index (χ0) is 24.8. The van der Waals surface area contributed by atoms with Gasteiger partial charge in [0.25, 0.3) is 0 Å². The van der Waals surface area contributed by atoms with E-state index in [0.717, 1.165) is 17.1 Å². The Morgan fingerprint density at radius 2 is 1.69 bits per heavy atom. The van der Waals surface area contributed by atoms with Crippen molar-refractivity contribution in [2.45, 2.75) is 12.3 Å². The number of pyridine rings is 1. The van der Waals surface area contributed by atoms with E-state index in [1.54, 1.807) is 31.3 Å². The van der Waals surface area contributed by atoms with Gasteiger partial charge in [-0.15, -0.1) is 0 Å². The number of rotatable bonds is 9. The Morgan fingerprint density at radius 3 is 2.34 bits per heavy atom. The number of aromatic carboxylic acids is 1. The number of carboxylic acid groups (broad SMARTS) is 2. The smallest absolute Gasteiger partial charge is 0.335 e. The fraction of sp³-hybridized carbons (Fsp3) is 0.115. The standard InChI is InChI=1S/C26H22N4O5/c1-27-23-4-2-3-21(29-23)17-9-11-19(12-10-17)35-26-28-14-13-22(30-26)20(25(33)34)15-16-5-7-18(8-6-16)24(31)32/h2-14,20H,15H2,1H3,(H,27,29)(H,31,32)(H,33,34). The van der Waals surface area contributed by atoms with Crippen molar-refractivity contribution in [2.24, 2.45) is 0 Å². The molecule has 0 aliphatic heterocycles. The summed E-state index contributed by atoms with van der Waals surface area (Å²) >= 11 is 0. The Labute approximate surface area is 201 Å². The maximum atomic E-state index is 12.0. The number of aliphatic carboxylic acids is 1. The van der Waals surface area contributed by atoms with E-state index in [1.807, 2.05) is 30.3 Å². The maximum absolute atomic E-state index is 12.0. The van der Waals surface area contributed by atoms with Gasteiger partial charge in [0, 0.05) is 18.8 Å². The molecular formula is C26H22N4O5. The van der Waals surface area contributed by atoms with Gasteiger partial charge in [0.2, 0.25) is 0 Å². The van der Waals surface area contributed by atoms with Gasteiger partial charge in [0.1, 0.15) is 17.5 Å². The molecule has 35 heavy (non-hydrogen) atoms. The van der Waals surface area contributed by atoms with Gasteiger partial charge in [0.15, 0.2) is 0 Å². The average molecular weight is 470 g/mol. The molecule has 0 spiro atoms. The van der Waals surface area contributed by atoms with Gasteiger partial charge >= 0.3 is 17.9 Å². The van der Waals surface area contributed by atoms with Crippen LogP contribution in [-0.2, 0) is 11.2 Å². The van der Waals surface area contributed by atoms with Crippen LogP contribution in [0.25, 0.3) is 11.3 Å². The molecule has 3 N–H and O–H groups in total. The highest BCUT2D eigenvalue weighted by Crippen LogP contribution is 2.26. The van der Waals surface area contributed by atoms with Crippen molar-refractivity contribution in [1.29, 1.82) is 0 Å². The van der Waals surface area contributed by atoms with E-state index < -0.39 is 17.9 Å². The number of aromatic nitrogens is 3. The third-order valence-corrected chi connectivity index (χ3v) is 5.32. The first-order valence-corrected chi connectivity index (χ1v) is 10.7. The zero-order valence-electron chi connectivity index (χ0n) is 18.8. The molecule has 0 saturated heterocycles. The van der Waals surface area contributed by atoms with Gasteiger partial charge in [-0.05, 0) is 66.6 Å². The van der Waals surface area contributed by atoms with E-state index in [2.05, 4.69) is 20.3 Å². The summed E-state index contributed by atoms with van der Waals surface area (Å²) in [5.41, 5.74) is 2.81. The lowest BCUT2D eigenvalue weighted by molar-refractivity contribution is -0.138. The van der Waals surface area contributed by atoms with Crippen LogP contribution in [-0.4, -0.2) is 44.2 Å². The molecule has 0 saturated carbocycles. The summed E-state index contributed by atoms with van der Waals surface area (Å²) < 4.78 is 5.76. The molecule has 0 amide bonds. The minimum Gasteiger partial charge on any atom is -0.481 e. The van der Waals surface area contributed by atoms with Crippen LogP contribution in [0, 0.1) is 0 Å². The maximum Gasteiger partial charge on any atom is 0.335 e. The van der Waals surface area contributed by atoms with Crippen LogP contribution in [0.2, 0.25) is 0 Å². The molecular weight excluding hydrogens is 448 g/mol. The Balaban J connectivity index is 1.50. The topological polar surface area (TPSA) is 135 Å². The van der Waals surface area contributed by atoms with E-state index in [9.17, 15) is 14.7 Å². The summed E-state index contributed by atoms with van der Waals surface area (Å²) in [7, 11) is 1.81. The number of hydrogen-bond donors (Lipinski definition) is 3. The molecule has 4 aromatic rings. The number of ether oxygens (including phenoxy) is 1. The highest BCUT2D eigenvalue weighted by atomic mass is 16.5. The van der Waals surface area contributed by atoms with E-state index in [-0.39, 0.29) is 23.7 Å². The van der Waals surface area contributed by atoms with Crippen LogP contribution in [0.3, 0.4) is 0 Å². The number of nitrogens with zero attached hydrogens (tertiary/aromatic N) is 3. The van der Waals surface area contributed by atoms with Crippen LogP contribution >= 0.6 is 0 Å². The molecule has 2 heterocycles. The van der Waals surface area contributed by atoms with Gasteiger partial charge < -0.3 is 20.3 Å². The highest BCUT2D eigenvalue weighted by molar-refractivity contribution is 5.87. The van der Waals surface area contributed by atoms with Crippen LogP contribution in [0.15, 0.2) is 79.0 Å². The normalized spacial score (nSPS) is 11.5. The summed E-state index contributed by atoms with van der Waals surface area (Å²) in [6, 6.07) is 20.6.